The topological polar surface area (TPSA) is 71.8 Å². The second-order valence-corrected chi connectivity index (χ2v) is 23.1. The number of aromatic nitrogens is 2. The highest BCUT2D eigenvalue weighted by molar-refractivity contribution is 6.74. The van der Waals surface area contributed by atoms with Crippen LogP contribution in [0, 0.1) is 6.92 Å². The van der Waals surface area contributed by atoms with Crippen LogP contribution in [0.4, 0.5) is 0 Å². The Hall–Kier alpha value is -1.79. The molecule has 1 fully saturated rings. The molecule has 2 heterocycles. The summed E-state index contributed by atoms with van der Waals surface area (Å²) in [6, 6.07) is 7.58. The van der Waals surface area contributed by atoms with Gasteiger partial charge in [0.25, 0.3) is 0 Å². The average molecular weight is 561 g/mol. The summed E-state index contributed by atoms with van der Waals surface area (Å²) < 4.78 is 26.9. The molecule has 1 aromatic carbocycles. The summed E-state index contributed by atoms with van der Waals surface area (Å²) in [5, 5.41) is 0.154. The molecule has 3 atom stereocenters. The number of ether oxygens (including phenoxy) is 2. The van der Waals surface area contributed by atoms with E-state index in [9.17, 15) is 4.79 Å². The van der Waals surface area contributed by atoms with Gasteiger partial charge in [-0.15, -0.1) is 0 Å². The fourth-order valence-corrected chi connectivity index (χ4v) is 6.39. The lowest BCUT2D eigenvalue weighted by atomic mass is 10.1. The van der Waals surface area contributed by atoms with Crippen LogP contribution >= 0.6 is 0 Å². The van der Waals surface area contributed by atoms with E-state index in [0.717, 1.165) is 16.9 Å². The van der Waals surface area contributed by atoms with Crippen molar-refractivity contribution in [2.24, 2.45) is 0 Å². The Morgan fingerprint density at radius 3 is 2.11 bits per heavy atom. The lowest BCUT2D eigenvalue weighted by Gasteiger charge is -2.40. The van der Waals surface area contributed by atoms with Crippen molar-refractivity contribution in [1.29, 1.82) is 0 Å². The molecule has 2 aromatic rings. The maximum atomic E-state index is 13.3. The summed E-state index contributed by atoms with van der Waals surface area (Å²) >= 11 is 0. The SMILES string of the molecule is COc1ccc(-c2nc(=O)n([C@H]3C[C@H](O[Si](C)(C)C(C)(C)C)[C@@H](CO[Si](C)(C)C(C)(C)C)O3)cc2C)cc1. The molecule has 0 saturated carbocycles. The molecular weight excluding hydrogens is 513 g/mol. The summed E-state index contributed by atoms with van der Waals surface area (Å²) in [5.41, 5.74) is 2.11. The lowest BCUT2D eigenvalue weighted by molar-refractivity contribution is -0.0412. The van der Waals surface area contributed by atoms with E-state index in [0.29, 0.717) is 18.7 Å². The molecule has 38 heavy (non-hydrogen) atoms. The Kier molecular flexibility index (Phi) is 8.90. The number of methoxy groups -OCH3 is 1. The Labute approximate surface area is 231 Å². The first-order chi connectivity index (χ1) is 17.4. The molecule has 0 N–H and O–H groups in total. The first kappa shape index (κ1) is 30.8. The molecule has 0 aliphatic carbocycles. The van der Waals surface area contributed by atoms with Crippen LogP contribution in [0.15, 0.2) is 35.3 Å². The standard InChI is InChI=1S/C29H48N2O5Si2/c1-20-18-31(27(32)30-26(20)21-13-15-22(33-8)16-14-21)25-17-23(36-38(11,12)29(5,6)7)24(35-25)19-34-37(9,10)28(2,3)4/h13-16,18,23-25H,17,19H2,1-12H3/t23-,24+,25+/m0/s1. The van der Waals surface area contributed by atoms with Crippen LogP contribution < -0.4 is 10.4 Å². The third kappa shape index (κ3) is 6.67. The summed E-state index contributed by atoms with van der Waals surface area (Å²) in [6.45, 7) is 24.9. The number of hydrogen-bond acceptors (Lipinski definition) is 6. The minimum atomic E-state index is -2.08. The van der Waals surface area contributed by atoms with Crippen LogP contribution in [-0.4, -0.2) is 52.1 Å². The number of benzene rings is 1. The molecule has 0 radical (unpaired) electrons. The molecule has 212 valence electrons. The monoisotopic (exact) mass is 560 g/mol. The zero-order chi connectivity index (χ0) is 28.7. The molecule has 1 aromatic heterocycles. The fraction of sp³-hybridized carbons (Fsp3) is 0.655. The Bertz CT molecular complexity index is 1160. The van der Waals surface area contributed by atoms with Gasteiger partial charge in [0.15, 0.2) is 16.6 Å². The van der Waals surface area contributed by atoms with Gasteiger partial charge in [-0.2, -0.15) is 4.98 Å². The van der Waals surface area contributed by atoms with Gasteiger partial charge in [0.05, 0.1) is 25.5 Å². The van der Waals surface area contributed by atoms with Crippen molar-refractivity contribution in [3.8, 4) is 17.0 Å². The van der Waals surface area contributed by atoms with E-state index in [4.69, 9.17) is 18.3 Å². The van der Waals surface area contributed by atoms with Gasteiger partial charge in [-0.25, -0.2) is 4.79 Å². The summed E-state index contributed by atoms with van der Waals surface area (Å²) in [7, 11) is -2.43. The number of rotatable bonds is 8. The van der Waals surface area contributed by atoms with Crippen LogP contribution in [0.25, 0.3) is 11.3 Å². The molecule has 0 bridgehead atoms. The third-order valence-electron chi connectivity index (χ3n) is 8.66. The van der Waals surface area contributed by atoms with Crippen LogP contribution in [0.1, 0.15) is 59.8 Å². The van der Waals surface area contributed by atoms with Crippen LogP contribution in [0.5, 0.6) is 5.75 Å². The summed E-state index contributed by atoms with van der Waals surface area (Å²) in [5.74, 6) is 0.762. The van der Waals surface area contributed by atoms with Gasteiger partial charge in [-0.3, -0.25) is 4.57 Å². The number of aryl methyl sites for hydroxylation is 1. The maximum Gasteiger partial charge on any atom is 0.350 e. The Morgan fingerprint density at radius 1 is 1.00 bits per heavy atom. The van der Waals surface area contributed by atoms with E-state index in [1.807, 2.05) is 37.4 Å². The summed E-state index contributed by atoms with van der Waals surface area (Å²) in [4.78, 5) is 17.7. The molecule has 0 spiro atoms. The maximum absolute atomic E-state index is 13.3. The Morgan fingerprint density at radius 2 is 1.58 bits per heavy atom. The smallest absolute Gasteiger partial charge is 0.350 e. The average Bonchev–Trinajstić information content (AvgIpc) is 3.19. The summed E-state index contributed by atoms with van der Waals surface area (Å²) in [6.07, 6.45) is 1.58. The zero-order valence-electron chi connectivity index (χ0n) is 25.5. The molecule has 1 aliphatic heterocycles. The first-order valence-electron chi connectivity index (χ1n) is 13.6. The lowest BCUT2D eigenvalue weighted by Crippen LogP contribution is -2.48. The molecule has 9 heteroatoms. The second-order valence-electron chi connectivity index (χ2n) is 13.5. The fourth-order valence-electron chi connectivity index (χ4n) is 4.02. The minimum absolute atomic E-state index is 0.0604. The van der Waals surface area contributed by atoms with Gasteiger partial charge in [0, 0.05) is 18.2 Å². The largest absolute Gasteiger partial charge is 0.497 e. The van der Waals surface area contributed by atoms with E-state index in [1.54, 1.807) is 11.7 Å². The van der Waals surface area contributed by atoms with Gasteiger partial charge < -0.3 is 18.3 Å². The van der Waals surface area contributed by atoms with Crippen molar-refractivity contribution >= 4 is 16.6 Å². The molecule has 3 rings (SSSR count). The van der Waals surface area contributed by atoms with Crippen molar-refractivity contribution in [3.05, 3.63) is 46.5 Å². The first-order valence-corrected chi connectivity index (χ1v) is 19.4. The second kappa shape index (κ2) is 11.0. The molecular formula is C29H48N2O5Si2. The normalized spacial score (nSPS) is 21.1. The molecule has 1 aliphatic rings. The van der Waals surface area contributed by atoms with Gasteiger partial charge in [0.1, 0.15) is 18.1 Å². The van der Waals surface area contributed by atoms with Gasteiger partial charge in [0.2, 0.25) is 0 Å². The van der Waals surface area contributed by atoms with Crippen LogP contribution in [-0.2, 0) is 13.6 Å². The van der Waals surface area contributed by atoms with E-state index in [-0.39, 0.29) is 28.0 Å². The van der Waals surface area contributed by atoms with E-state index >= 15 is 0 Å². The quantitative estimate of drug-likeness (QED) is 0.326. The zero-order valence-corrected chi connectivity index (χ0v) is 27.5. The van der Waals surface area contributed by atoms with E-state index in [2.05, 4.69) is 72.7 Å². The molecule has 1 saturated heterocycles. The van der Waals surface area contributed by atoms with Gasteiger partial charge in [-0.05, 0) is 73.0 Å². The highest BCUT2D eigenvalue weighted by atomic mass is 28.4. The molecule has 0 unspecified atom stereocenters. The van der Waals surface area contributed by atoms with Crippen molar-refractivity contribution < 1.29 is 18.3 Å². The van der Waals surface area contributed by atoms with Gasteiger partial charge in [-0.1, -0.05) is 41.5 Å². The third-order valence-corrected chi connectivity index (χ3v) is 17.7. The minimum Gasteiger partial charge on any atom is -0.497 e. The Balaban J connectivity index is 1.90. The van der Waals surface area contributed by atoms with Crippen molar-refractivity contribution in [3.63, 3.8) is 0 Å². The van der Waals surface area contributed by atoms with E-state index in [1.165, 1.54) is 0 Å². The van der Waals surface area contributed by atoms with E-state index < -0.39 is 22.9 Å². The van der Waals surface area contributed by atoms with Crippen molar-refractivity contribution in [2.75, 3.05) is 13.7 Å². The predicted octanol–water partition coefficient (Wildman–Crippen LogP) is 6.93. The van der Waals surface area contributed by atoms with Crippen LogP contribution in [0.2, 0.25) is 36.3 Å². The van der Waals surface area contributed by atoms with Gasteiger partial charge >= 0.3 is 5.69 Å². The van der Waals surface area contributed by atoms with Crippen molar-refractivity contribution in [1.82, 2.24) is 9.55 Å². The number of nitrogens with zero attached hydrogens (tertiary/aromatic N) is 2. The molecule has 0 amide bonds. The van der Waals surface area contributed by atoms with Crippen molar-refractivity contribution in [2.45, 2.75) is 110 Å². The molecule has 7 nitrogen and oxygen atoms in total. The number of hydrogen-bond donors (Lipinski definition) is 0. The predicted molar refractivity (Wildman–Crippen MR) is 159 cm³/mol. The van der Waals surface area contributed by atoms with Crippen LogP contribution in [0.3, 0.4) is 0 Å². The highest BCUT2D eigenvalue weighted by Gasteiger charge is 2.46. The highest BCUT2D eigenvalue weighted by Crippen LogP contribution is 2.42.